The molecule has 1 aromatic carbocycles. The number of hydrogen-bond donors (Lipinski definition) is 2. The van der Waals surface area contributed by atoms with Gasteiger partial charge in [-0.05, 0) is 57.0 Å². The van der Waals surface area contributed by atoms with Crippen molar-refractivity contribution in [3.05, 3.63) is 34.9 Å². The van der Waals surface area contributed by atoms with Crippen LogP contribution in [0.2, 0.25) is 5.02 Å². The maximum Gasteiger partial charge on any atom is 0.251 e. The Labute approximate surface area is 161 Å². The standard InChI is InChI=1S/C20H30ClN3O2/c1-5-13(2)18(23-19(25)15-6-8-16(21)9-7-15)20(26)22-12-14(3)24(4)17-10-11-17/h6-9,13-14,17-18H,5,10-12H2,1-4H3,(H,22,26)(H,23,25). The molecule has 3 unspecified atom stereocenters. The summed E-state index contributed by atoms with van der Waals surface area (Å²) in [5, 5.41) is 6.47. The minimum Gasteiger partial charge on any atom is -0.353 e. The van der Waals surface area contributed by atoms with Crippen LogP contribution >= 0.6 is 11.6 Å². The molecule has 0 saturated heterocycles. The summed E-state index contributed by atoms with van der Waals surface area (Å²) in [5.41, 5.74) is 0.498. The normalized spacial score (nSPS) is 17.5. The van der Waals surface area contributed by atoms with Crippen LogP contribution in [0, 0.1) is 5.92 Å². The predicted molar refractivity (Wildman–Crippen MR) is 105 cm³/mol. The van der Waals surface area contributed by atoms with Crippen LogP contribution in [-0.2, 0) is 4.79 Å². The van der Waals surface area contributed by atoms with Crippen molar-refractivity contribution in [1.29, 1.82) is 0 Å². The van der Waals surface area contributed by atoms with E-state index in [-0.39, 0.29) is 23.8 Å². The lowest BCUT2D eigenvalue weighted by Gasteiger charge is -2.27. The van der Waals surface area contributed by atoms with Gasteiger partial charge in [0.05, 0.1) is 0 Å². The molecule has 1 fully saturated rings. The van der Waals surface area contributed by atoms with Crippen molar-refractivity contribution in [2.75, 3.05) is 13.6 Å². The number of rotatable bonds is 9. The highest BCUT2D eigenvalue weighted by atomic mass is 35.5. The van der Waals surface area contributed by atoms with Crippen molar-refractivity contribution >= 4 is 23.4 Å². The van der Waals surface area contributed by atoms with Crippen molar-refractivity contribution in [2.45, 2.75) is 58.2 Å². The number of nitrogens with one attached hydrogen (secondary N) is 2. The fourth-order valence-corrected chi connectivity index (χ4v) is 3.00. The van der Waals surface area contributed by atoms with Gasteiger partial charge in [0, 0.05) is 29.2 Å². The van der Waals surface area contributed by atoms with Gasteiger partial charge in [-0.25, -0.2) is 0 Å². The Hall–Kier alpha value is -1.59. The van der Waals surface area contributed by atoms with Crippen LogP contribution < -0.4 is 10.6 Å². The largest absolute Gasteiger partial charge is 0.353 e. The molecule has 0 aliphatic heterocycles. The van der Waals surface area contributed by atoms with Crippen LogP contribution in [-0.4, -0.2) is 48.4 Å². The van der Waals surface area contributed by atoms with E-state index >= 15 is 0 Å². The molecule has 1 saturated carbocycles. The van der Waals surface area contributed by atoms with Gasteiger partial charge < -0.3 is 10.6 Å². The molecule has 2 N–H and O–H groups in total. The predicted octanol–water partition coefficient (Wildman–Crippen LogP) is 3.08. The minimum absolute atomic E-state index is 0.0442. The fourth-order valence-electron chi connectivity index (χ4n) is 2.87. The van der Waals surface area contributed by atoms with E-state index in [1.54, 1.807) is 24.3 Å². The van der Waals surface area contributed by atoms with E-state index in [0.717, 1.165) is 6.42 Å². The quantitative estimate of drug-likeness (QED) is 0.693. The van der Waals surface area contributed by atoms with Crippen molar-refractivity contribution in [1.82, 2.24) is 15.5 Å². The van der Waals surface area contributed by atoms with E-state index in [2.05, 4.69) is 29.5 Å². The molecular weight excluding hydrogens is 350 g/mol. The summed E-state index contributed by atoms with van der Waals surface area (Å²) in [5.74, 6) is -0.342. The highest BCUT2D eigenvalue weighted by molar-refractivity contribution is 6.30. The minimum atomic E-state index is -0.554. The summed E-state index contributed by atoms with van der Waals surface area (Å²) in [6.45, 7) is 6.69. The first-order valence-electron chi connectivity index (χ1n) is 9.39. The fraction of sp³-hybridized carbons (Fsp3) is 0.600. The van der Waals surface area contributed by atoms with Gasteiger partial charge in [-0.2, -0.15) is 0 Å². The third-order valence-corrected chi connectivity index (χ3v) is 5.53. The maximum atomic E-state index is 12.7. The molecule has 0 heterocycles. The Morgan fingerprint density at radius 1 is 1.23 bits per heavy atom. The summed E-state index contributed by atoms with van der Waals surface area (Å²) >= 11 is 5.87. The van der Waals surface area contributed by atoms with Crippen molar-refractivity contribution < 1.29 is 9.59 Å². The molecule has 2 amide bonds. The van der Waals surface area contributed by atoms with Gasteiger partial charge >= 0.3 is 0 Å². The first kappa shape index (κ1) is 20.7. The lowest BCUT2D eigenvalue weighted by molar-refractivity contribution is -0.124. The van der Waals surface area contributed by atoms with Gasteiger partial charge in [0.1, 0.15) is 6.04 Å². The Bertz CT molecular complexity index is 616. The monoisotopic (exact) mass is 379 g/mol. The molecule has 1 aliphatic carbocycles. The number of nitrogens with zero attached hydrogens (tertiary/aromatic N) is 1. The SMILES string of the molecule is CCC(C)C(NC(=O)c1ccc(Cl)cc1)C(=O)NCC(C)N(C)C1CC1. The summed E-state index contributed by atoms with van der Waals surface area (Å²) in [4.78, 5) is 27.5. The molecule has 2 rings (SSSR count). The van der Waals surface area contributed by atoms with E-state index in [4.69, 9.17) is 11.6 Å². The van der Waals surface area contributed by atoms with E-state index in [0.29, 0.717) is 23.2 Å². The second kappa shape index (κ2) is 9.38. The Balaban J connectivity index is 1.95. The molecule has 0 spiro atoms. The van der Waals surface area contributed by atoms with Crippen molar-refractivity contribution in [3.8, 4) is 0 Å². The molecule has 1 aromatic rings. The smallest absolute Gasteiger partial charge is 0.251 e. The van der Waals surface area contributed by atoms with Gasteiger partial charge in [-0.3, -0.25) is 14.5 Å². The van der Waals surface area contributed by atoms with Crippen molar-refractivity contribution in [2.24, 2.45) is 5.92 Å². The second-order valence-corrected chi connectivity index (χ2v) is 7.77. The average Bonchev–Trinajstić information content (AvgIpc) is 3.48. The lowest BCUT2D eigenvalue weighted by atomic mass is 9.97. The number of amides is 2. The van der Waals surface area contributed by atoms with E-state index < -0.39 is 6.04 Å². The molecule has 5 nitrogen and oxygen atoms in total. The highest BCUT2D eigenvalue weighted by Gasteiger charge is 2.30. The van der Waals surface area contributed by atoms with Crippen LogP contribution in [0.4, 0.5) is 0 Å². The summed E-state index contributed by atoms with van der Waals surface area (Å²) in [6, 6.07) is 7.04. The molecule has 144 valence electrons. The maximum absolute atomic E-state index is 12.7. The van der Waals surface area contributed by atoms with Crippen LogP contribution in [0.1, 0.15) is 50.4 Å². The summed E-state index contributed by atoms with van der Waals surface area (Å²) in [7, 11) is 2.10. The lowest BCUT2D eigenvalue weighted by Crippen LogP contribution is -2.52. The van der Waals surface area contributed by atoms with E-state index in [1.807, 2.05) is 13.8 Å². The summed E-state index contributed by atoms with van der Waals surface area (Å²) < 4.78 is 0. The van der Waals surface area contributed by atoms with Gasteiger partial charge in [0.2, 0.25) is 5.91 Å². The molecule has 1 aliphatic rings. The van der Waals surface area contributed by atoms with Crippen LogP contribution in [0.15, 0.2) is 24.3 Å². The molecule has 0 aromatic heterocycles. The number of hydrogen-bond acceptors (Lipinski definition) is 3. The van der Waals surface area contributed by atoms with Gasteiger partial charge in [-0.1, -0.05) is 31.9 Å². The zero-order valence-corrected chi connectivity index (χ0v) is 16.8. The Morgan fingerprint density at radius 3 is 2.38 bits per heavy atom. The Kier molecular flexibility index (Phi) is 7.47. The number of carbonyl (C=O) groups excluding carboxylic acids is 2. The molecule has 26 heavy (non-hydrogen) atoms. The zero-order valence-electron chi connectivity index (χ0n) is 16.1. The number of carbonyl (C=O) groups is 2. The first-order chi connectivity index (χ1) is 12.3. The molecule has 6 heteroatoms. The highest BCUT2D eigenvalue weighted by Crippen LogP contribution is 2.26. The van der Waals surface area contributed by atoms with Gasteiger partial charge in [0.25, 0.3) is 5.91 Å². The van der Waals surface area contributed by atoms with Crippen molar-refractivity contribution in [3.63, 3.8) is 0 Å². The zero-order chi connectivity index (χ0) is 19.3. The topological polar surface area (TPSA) is 61.4 Å². The van der Waals surface area contributed by atoms with Crippen LogP contribution in [0.25, 0.3) is 0 Å². The number of benzene rings is 1. The Morgan fingerprint density at radius 2 is 1.85 bits per heavy atom. The van der Waals surface area contributed by atoms with Gasteiger partial charge in [0.15, 0.2) is 0 Å². The third kappa shape index (κ3) is 5.71. The molecule has 3 atom stereocenters. The average molecular weight is 380 g/mol. The molecular formula is C20H30ClN3O2. The third-order valence-electron chi connectivity index (χ3n) is 5.28. The van der Waals surface area contributed by atoms with E-state index in [1.165, 1.54) is 12.8 Å². The molecule has 0 bridgehead atoms. The van der Waals surface area contributed by atoms with Gasteiger partial charge in [-0.15, -0.1) is 0 Å². The van der Waals surface area contributed by atoms with E-state index in [9.17, 15) is 9.59 Å². The van der Waals surface area contributed by atoms with Crippen LogP contribution in [0.3, 0.4) is 0 Å². The summed E-state index contributed by atoms with van der Waals surface area (Å²) in [6.07, 6.45) is 3.28. The molecule has 0 radical (unpaired) electrons. The number of halogens is 1. The van der Waals surface area contributed by atoms with Crippen LogP contribution in [0.5, 0.6) is 0 Å². The second-order valence-electron chi connectivity index (χ2n) is 7.33. The number of likely N-dealkylation sites (N-methyl/N-ethyl adjacent to an activating group) is 1. The first-order valence-corrected chi connectivity index (χ1v) is 9.77.